The molecular formula is C11H11ClN4. The predicted molar refractivity (Wildman–Crippen MR) is 62.5 cm³/mol. The molecule has 3 rings (SSSR count). The lowest BCUT2D eigenvalue weighted by atomic mass is 10.3. The maximum absolute atomic E-state index is 5.88. The van der Waals surface area contributed by atoms with Crippen molar-refractivity contribution in [1.29, 1.82) is 0 Å². The van der Waals surface area contributed by atoms with Crippen LogP contribution in [0.2, 0.25) is 5.15 Å². The number of halogens is 1. The molecular weight excluding hydrogens is 224 g/mol. The zero-order chi connectivity index (χ0) is 11.0. The number of imidazole rings is 1. The normalized spacial score (nSPS) is 14.9. The van der Waals surface area contributed by atoms with Crippen LogP contribution in [0, 0.1) is 0 Å². The van der Waals surface area contributed by atoms with Gasteiger partial charge in [-0.2, -0.15) is 0 Å². The number of anilines is 1. The highest BCUT2D eigenvalue weighted by molar-refractivity contribution is 6.29. The first kappa shape index (κ1) is 9.66. The number of hydrogen-bond acceptors (Lipinski definition) is 3. The maximum atomic E-state index is 5.88. The summed E-state index contributed by atoms with van der Waals surface area (Å²) in [4.78, 5) is 10.8. The molecule has 0 spiro atoms. The van der Waals surface area contributed by atoms with Gasteiger partial charge >= 0.3 is 0 Å². The van der Waals surface area contributed by atoms with Crippen molar-refractivity contribution >= 4 is 17.4 Å². The van der Waals surface area contributed by atoms with Crippen LogP contribution in [0.25, 0.3) is 0 Å². The van der Waals surface area contributed by atoms with Crippen LogP contribution in [0.5, 0.6) is 0 Å². The zero-order valence-electron chi connectivity index (χ0n) is 8.67. The van der Waals surface area contributed by atoms with Gasteiger partial charge in [-0.15, -0.1) is 0 Å². The van der Waals surface area contributed by atoms with Crippen molar-refractivity contribution < 1.29 is 0 Å². The summed E-state index contributed by atoms with van der Waals surface area (Å²) < 4.78 is 2.17. The Morgan fingerprint density at radius 1 is 1.25 bits per heavy atom. The number of rotatable bonds is 1. The molecule has 1 aliphatic rings. The van der Waals surface area contributed by atoms with Gasteiger partial charge in [-0.05, 0) is 12.1 Å². The third-order valence-corrected chi connectivity index (χ3v) is 2.98. The highest BCUT2D eigenvalue weighted by atomic mass is 35.5. The lowest BCUT2D eigenvalue weighted by Crippen LogP contribution is -2.34. The van der Waals surface area contributed by atoms with Gasteiger partial charge in [-0.1, -0.05) is 17.7 Å². The van der Waals surface area contributed by atoms with Crippen LogP contribution >= 0.6 is 11.6 Å². The van der Waals surface area contributed by atoms with Crippen molar-refractivity contribution in [2.75, 3.05) is 11.4 Å². The van der Waals surface area contributed by atoms with Crippen LogP contribution in [-0.2, 0) is 13.1 Å². The molecule has 0 amide bonds. The molecule has 0 unspecified atom stereocenters. The molecule has 1 aliphatic heterocycles. The Hall–Kier alpha value is -1.55. The molecule has 0 atom stereocenters. The first-order valence-electron chi connectivity index (χ1n) is 5.20. The van der Waals surface area contributed by atoms with Gasteiger partial charge in [0, 0.05) is 25.5 Å². The van der Waals surface area contributed by atoms with Gasteiger partial charge in [0.15, 0.2) is 0 Å². The average Bonchev–Trinajstić information content (AvgIpc) is 2.75. The lowest BCUT2D eigenvalue weighted by Gasteiger charge is -2.28. The smallest absolute Gasteiger partial charge is 0.131 e. The molecule has 0 bridgehead atoms. The molecule has 82 valence electrons. The maximum Gasteiger partial charge on any atom is 0.131 e. The zero-order valence-corrected chi connectivity index (χ0v) is 9.43. The topological polar surface area (TPSA) is 34.0 Å². The summed E-state index contributed by atoms with van der Waals surface area (Å²) in [6.45, 7) is 2.68. The van der Waals surface area contributed by atoms with Crippen molar-refractivity contribution in [3.63, 3.8) is 0 Å². The molecule has 0 saturated heterocycles. The number of nitrogens with zero attached hydrogens (tertiary/aromatic N) is 4. The van der Waals surface area contributed by atoms with Gasteiger partial charge in [0.25, 0.3) is 0 Å². The van der Waals surface area contributed by atoms with E-state index in [1.165, 1.54) is 0 Å². The molecule has 0 fully saturated rings. The van der Waals surface area contributed by atoms with Crippen molar-refractivity contribution in [2.24, 2.45) is 0 Å². The second kappa shape index (κ2) is 3.79. The van der Waals surface area contributed by atoms with Crippen LogP contribution in [0.1, 0.15) is 5.82 Å². The van der Waals surface area contributed by atoms with Crippen molar-refractivity contribution in [3.05, 3.63) is 41.6 Å². The molecule has 3 heterocycles. The van der Waals surface area contributed by atoms with Gasteiger partial charge in [-0.3, -0.25) is 0 Å². The van der Waals surface area contributed by atoms with E-state index in [-0.39, 0.29) is 0 Å². The summed E-state index contributed by atoms with van der Waals surface area (Å²) >= 11 is 5.88. The number of hydrogen-bond donors (Lipinski definition) is 0. The number of pyridine rings is 1. The molecule has 5 heteroatoms. The van der Waals surface area contributed by atoms with E-state index in [1.807, 2.05) is 24.5 Å². The minimum Gasteiger partial charge on any atom is -0.347 e. The first-order chi connectivity index (χ1) is 7.83. The van der Waals surface area contributed by atoms with Gasteiger partial charge in [0.2, 0.25) is 0 Å². The van der Waals surface area contributed by atoms with E-state index >= 15 is 0 Å². The van der Waals surface area contributed by atoms with Crippen LogP contribution in [-0.4, -0.2) is 21.1 Å². The standard InChI is InChI=1S/C11H11ClN4/c12-9-2-1-3-10(14-9)16-7-6-15-5-4-13-11(15)8-16/h1-5H,6-8H2. The molecule has 0 saturated carbocycles. The van der Waals surface area contributed by atoms with Crippen molar-refractivity contribution in [2.45, 2.75) is 13.1 Å². The molecule has 0 radical (unpaired) electrons. The fourth-order valence-corrected chi connectivity index (χ4v) is 2.10. The summed E-state index contributed by atoms with van der Waals surface area (Å²) in [5, 5.41) is 0.534. The molecule has 4 nitrogen and oxygen atoms in total. The van der Waals surface area contributed by atoms with E-state index < -0.39 is 0 Å². The van der Waals surface area contributed by atoms with Crippen molar-refractivity contribution in [3.8, 4) is 0 Å². The predicted octanol–water partition coefficient (Wildman–Crippen LogP) is 1.95. The Bertz CT molecular complexity index is 508. The second-order valence-electron chi connectivity index (χ2n) is 3.78. The third kappa shape index (κ3) is 1.65. The largest absolute Gasteiger partial charge is 0.347 e. The monoisotopic (exact) mass is 234 g/mol. The summed E-state index contributed by atoms with van der Waals surface area (Å²) in [5.74, 6) is 2.00. The van der Waals surface area contributed by atoms with Crippen LogP contribution in [0.15, 0.2) is 30.6 Å². The van der Waals surface area contributed by atoms with Gasteiger partial charge in [0.1, 0.15) is 16.8 Å². The fourth-order valence-electron chi connectivity index (χ4n) is 1.94. The Morgan fingerprint density at radius 3 is 3.06 bits per heavy atom. The van der Waals surface area contributed by atoms with E-state index in [9.17, 15) is 0 Å². The molecule has 2 aromatic heterocycles. The van der Waals surface area contributed by atoms with Gasteiger partial charge in [-0.25, -0.2) is 9.97 Å². The van der Waals surface area contributed by atoms with E-state index in [2.05, 4.69) is 19.4 Å². The van der Waals surface area contributed by atoms with Crippen LogP contribution in [0.3, 0.4) is 0 Å². The SMILES string of the molecule is Clc1cccc(N2CCn3ccnc3C2)n1. The van der Waals surface area contributed by atoms with Crippen LogP contribution in [0.4, 0.5) is 5.82 Å². The summed E-state index contributed by atoms with van der Waals surface area (Å²) in [6, 6.07) is 5.69. The fraction of sp³-hybridized carbons (Fsp3) is 0.273. The quantitative estimate of drug-likeness (QED) is 0.708. The van der Waals surface area contributed by atoms with E-state index in [4.69, 9.17) is 11.6 Å². The molecule has 2 aromatic rings. The van der Waals surface area contributed by atoms with E-state index in [1.54, 1.807) is 6.07 Å². The first-order valence-corrected chi connectivity index (χ1v) is 5.58. The minimum absolute atomic E-state index is 0.534. The van der Waals surface area contributed by atoms with Crippen molar-refractivity contribution in [1.82, 2.24) is 14.5 Å². The lowest BCUT2D eigenvalue weighted by molar-refractivity contribution is 0.556. The molecule has 16 heavy (non-hydrogen) atoms. The summed E-state index contributed by atoms with van der Waals surface area (Å²) in [5.41, 5.74) is 0. The van der Waals surface area contributed by atoms with E-state index in [0.29, 0.717) is 5.15 Å². The molecule has 0 N–H and O–H groups in total. The Kier molecular flexibility index (Phi) is 2.29. The second-order valence-corrected chi connectivity index (χ2v) is 4.16. The summed E-state index contributed by atoms with van der Waals surface area (Å²) in [6.07, 6.45) is 3.85. The average molecular weight is 235 g/mol. The molecule has 0 aromatic carbocycles. The Morgan fingerprint density at radius 2 is 2.19 bits per heavy atom. The highest BCUT2D eigenvalue weighted by Crippen LogP contribution is 2.19. The molecule has 0 aliphatic carbocycles. The van der Waals surface area contributed by atoms with Gasteiger partial charge in [0.05, 0.1) is 6.54 Å². The minimum atomic E-state index is 0.534. The third-order valence-electron chi connectivity index (χ3n) is 2.77. The van der Waals surface area contributed by atoms with Gasteiger partial charge < -0.3 is 9.47 Å². The summed E-state index contributed by atoms with van der Waals surface area (Å²) in [7, 11) is 0. The Balaban J connectivity index is 1.88. The Labute approximate surface area is 98.5 Å². The highest BCUT2D eigenvalue weighted by Gasteiger charge is 2.17. The number of fused-ring (bicyclic) bond motifs is 1. The van der Waals surface area contributed by atoms with Crippen LogP contribution < -0.4 is 4.90 Å². The number of aromatic nitrogens is 3. The van der Waals surface area contributed by atoms with E-state index in [0.717, 1.165) is 31.3 Å².